The van der Waals surface area contributed by atoms with Crippen LogP contribution in [0.4, 0.5) is 37.2 Å². The van der Waals surface area contributed by atoms with Gasteiger partial charge < -0.3 is 9.80 Å². The SMILES string of the molecule is Cc1cc2c3c(c1)N(c1ccc(F)cc1F)c1c(sc4cc5c(cc14)C(C)(C)CCC5(C)C)B3c1cc3c(cc1N2Cc1cc2c(cc1-c1ccccc1)C(C)(C)CCC2(C)C)C(C)(C)CCC3(C)C. The van der Waals surface area contributed by atoms with Crippen LogP contribution in [0.2, 0.25) is 0 Å². The molecule has 12 rings (SSSR count). The minimum atomic E-state index is -0.572. The fraction of sp³-hybridized carbons (Fsp3) is 0.406. The van der Waals surface area contributed by atoms with E-state index in [0.717, 1.165) is 72.6 Å². The number of thiophene rings is 1. The van der Waals surface area contributed by atoms with E-state index in [1.807, 2.05) is 11.3 Å². The monoisotopic (exact) mass is 947 g/mol. The van der Waals surface area contributed by atoms with E-state index in [-0.39, 0.29) is 39.2 Å². The number of halogens is 2. The Hall–Kier alpha value is -5.20. The highest BCUT2D eigenvalue weighted by atomic mass is 32.1. The average Bonchev–Trinajstić information content (AvgIpc) is 3.67. The molecule has 0 bridgehead atoms. The van der Waals surface area contributed by atoms with Crippen molar-refractivity contribution >= 4 is 72.3 Å². The molecule has 70 heavy (non-hydrogen) atoms. The molecule has 5 aliphatic rings. The van der Waals surface area contributed by atoms with Crippen LogP contribution in [0, 0.1) is 18.6 Å². The summed E-state index contributed by atoms with van der Waals surface area (Å²) in [4.78, 5) is 4.83. The molecular weight excluding hydrogens is 878 g/mol. The first-order valence-corrected chi connectivity index (χ1v) is 26.9. The molecule has 0 spiro atoms. The van der Waals surface area contributed by atoms with Crippen molar-refractivity contribution in [3.05, 3.63) is 153 Å². The Labute approximate surface area is 420 Å². The summed E-state index contributed by atoms with van der Waals surface area (Å²) in [6.45, 7) is 31.8. The number of benzene rings is 6. The van der Waals surface area contributed by atoms with E-state index in [1.165, 1.54) is 82.2 Å². The van der Waals surface area contributed by atoms with Gasteiger partial charge in [0.05, 0.1) is 11.4 Å². The number of anilines is 5. The highest BCUT2D eigenvalue weighted by Gasteiger charge is 2.49. The Morgan fingerprint density at radius 2 is 1.06 bits per heavy atom. The van der Waals surface area contributed by atoms with Crippen LogP contribution in [0.3, 0.4) is 0 Å². The molecule has 0 N–H and O–H groups in total. The zero-order valence-corrected chi connectivity index (χ0v) is 44.6. The Kier molecular flexibility index (Phi) is 9.80. The Bertz CT molecular complexity index is 3370. The lowest BCUT2D eigenvalue weighted by Gasteiger charge is -2.47. The molecule has 2 aliphatic heterocycles. The topological polar surface area (TPSA) is 6.48 Å². The largest absolute Gasteiger partial charge is 0.338 e. The third-order valence-electron chi connectivity index (χ3n) is 18.5. The van der Waals surface area contributed by atoms with Gasteiger partial charge in [-0.2, -0.15) is 0 Å². The highest BCUT2D eigenvalue weighted by molar-refractivity contribution is 7.33. The van der Waals surface area contributed by atoms with E-state index in [9.17, 15) is 0 Å². The average molecular weight is 947 g/mol. The minimum Gasteiger partial charge on any atom is -0.338 e. The second kappa shape index (κ2) is 14.9. The molecule has 0 amide bonds. The van der Waals surface area contributed by atoms with Gasteiger partial charge in [-0.15, -0.1) is 11.3 Å². The standard InChI is InChI=1S/C64H69BF2N2S/c1-37-27-53-56-54(28-37)69(51-20-19-40(66)30-50(51)67)57-42-32-45-48(64(12,13)26-23-61(45,6)7)35-55(42)70-58(57)65(56)49-33-46-47(63(10,11)25-24-62(46,8)9)34-52(49)68(53)36-39-29-43-44(60(4,5)22-21-59(43,2)3)31-41(39)38-17-15-14-16-18-38/h14-20,27-35H,21-26,36H2,1-13H3. The molecule has 3 heterocycles. The van der Waals surface area contributed by atoms with E-state index in [4.69, 9.17) is 0 Å². The van der Waals surface area contributed by atoms with E-state index in [2.05, 4.69) is 179 Å². The van der Waals surface area contributed by atoms with Crippen LogP contribution in [-0.2, 0) is 39.0 Å². The number of nitrogens with zero attached hydrogens (tertiary/aromatic N) is 2. The summed E-state index contributed by atoms with van der Waals surface area (Å²) >= 11 is 1.89. The van der Waals surface area contributed by atoms with Gasteiger partial charge in [-0.3, -0.25) is 0 Å². The smallest absolute Gasteiger partial charge is 0.264 e. The summed E-state index contributed by atoms with van der Waals surface area (Å²) in [6, 6.07) is 35.2. The molecule has 0 saturated carbocycles. The van der Waals surface area contributed by atoms with Gasteiger partial charge in [0.25, 0.3) is 6.71 Å². The molecule has 0 unspecified atom stereocenters. The van der Waals surface area contributed by atoms with Crippen LogP contribution in [0.5, 0.6) is 0 Å². The summed E-state index contributed by atoms with van der Waals surface area (Å²) < 4.78 is 34.5. The van der Waals surface area contributed by atoms with Crippen molar-refractivity contribution in [1.82, 2.24) is 0 Å². The van der Waals surface area contributed by atoms with Gasteiger partial charge in [-0.1, -0.05) is 126 Å². The number of hydrogen-bond acceptors (Lipinski definition) is 3. The van der Waals surface area contributed by atoms with E-state index in [1.54, 1.807) is 6.07 Å². The quantitative estimate of drug-likeness (QED) is 0.162. The number of hydrogen-bond donors (Lipinski definition) is 0. The van der Waals surface area contributed by atoms with Crippen molar-refractivity contribution in [1.29, 1.82) is 0 Å². The fourth-order valence-electron chi connectivity index (χ4n) is 13.7. The molecule has 0 atom stereocenters. The highest BCUT2D eigenvalue weighted by Crippen LogP contribution is 2.55. The van der Waals surface area contributed by atoms with Crippen LogP contribution in [0.25, 0.3) is 21.2 Å². The van der Waals surface area contributed by atoms with E-state index in [0.29, 0.717) is 12.2 Å². The Balaban J connectivity index is 1.19. The first-order valence-electron chi connectivity index (χ1n) is 26.1. The molecule has 2 nitrogen and oxygen atoms in total. The number of rotatable bonds is 4. The van der Waals surface area contributed by atoms with Gasteiger partial charge in [0.2, 0.25) is 0 Å². The second-order valence-corrected chi connectivity index (χ2v) is 27.1. The van der Waals surface area contributed by atoms with Crippen LogP contribution in [-0.4, -0.2) is 6.71 Å². The molecule has 0 fully saturated rings. The molecule has 3 aliphatic carbocycles. The van der Waals surface area contributed by atoms with Crippen LogP contribution in [0.15, 0.2) is 97.1 Å². The van der Waals surface area contributed by atoms with E-state index < -0.39 is 11.6 Å². The van der Waals surface area contributed by atoms with Crippen LogP contribution < -0.4 is 25.5 Å². The van der Waals surface area contributed by atoms with Crippen molar-refractivity contribution in [3.63, 3.8) is 0 Å². The number of fused-ring (bicyclic) bond motifs is 9. The predicted octanol–water partition coefficient (Wildman–Crippen LogP) is 16.2. The lowest BCUT2D eigenvalue weighted by Crippen LogP contribution is -2.61. The number of aryl methyl sites for hydroxylation is 1. The lowest BCUT2D eigenvalue weighted by molar-refractivity contribution is 0.331. The lowest BCUT2D eigenvalue weighted by atomic mass is 9.35. The van der Waals surface area contributed by atoms with Crippen molar-refractivity contribution in [2.45, 2.75) is 168 Å². The summed E-state index contributed by atoms with van der Waals surface area (Å²) in [5.74, 6) is -1.13. The van der Waals surface area contributed by atoms with Crippen LogP contribution >= 0.6 is 11.3 Å². The molecule has 0 radical (unpaired) electrons. The Morgan fingerprint density at radius 3 is 1.66 bits per heavy atom. The molecule has 6 aromatic carbocycles. The second-order valence-electron chi connectivity index (χ2n) is 26.1. The van der Waals surface area contributed by atoms with Crippen molar-refractivity contribution in [3.8, 4) is 11.1 Å². The fourth-order valence-corrected chi connectivity index (χ4v) is 15.1. The van der Waals surface area contributed by atoms with Gasteiger partial charge in [-0.05, 0) is 193 Å². The van der Waals surface area contributed by atoms with Crippen molar-refractivity contribution < 1.29 is 8.78 Å². The predicted molar refractivity (Wildman–Crippen MR) is 296 cm³/mol. The summed E-state index contributed by atoms with van der Waals surface area (Å²) in [6.07, 6.45) is 6.75. The zero-order chi connectivity index (χ0) is 49.4. The van der Waals surface area contributed by atoms with Gasteiger partial charge in [0.15, 0.2) is 0 Å². The van der Waals surface area contributed by atoms with Crippen molar-refractivity contribution in [2.75, 3.05) is 9.80 Å². The summed E-state index contributed by atoms with van der Waals surface area (Å²) in [5, 5.41) is 1.15. The summed E-state index contributed by atoms with van der Waals surface area (Å²) in [7, 11) is 0. The molecule has 358 valence electrons. The normalized spacial score (nSPS) is 20.2. The molecule has 7 aromatic rings. The van der Waals surface area contributed by atoms with Gasteiger partial charge >= 0.3 is 0 Å². The maximum Gasteiger partial charge on any atom is 0.264 e. The van der Waals surface area contributed by atoms with Gasteiger partial charge in [-0.25, -0.2) is 8.78 Å². The van der Waals surface area contributed by atoms with Gasteiger partial charge in [0.1, 0.15) is 11.6 Å². The third-order valence-corrected chi connectivity index (χ3v) is 19.7. The van der Waals surface area contributed by atoms with Crippen molar-refractivity contribution in [2.24, 2.45) is 0 Å². The molecule has 1 aromatic heterocycles. The first-order chi connectivity index (χ1) is 32.9. The van der Waals surface area contributed by atoms with Gasteiger partial charge in [0, 0.05) is 44.5 Å². The zero-order valence-electron chi connectivity index (χ0n) is 43.8. The molecular formula is C64H69BF2N2S. The molecule has 0 saturated heterocycles. The molecule has 6 heteroatoms. The third kappa shape index (κ3) is 6.73. The van der Waals surface area contributed by atoms with Crippen LogP contribution in [0.1, 0.15) is 166 Å². The Morgan fingerprint density at radius 1 is 0.529 bits per heavy atom. The first kappa shape index (κ1) is 45.9. The maximum absolute atomic E-state index is 16.9. The summed E-state index contributed by atoms with van der Waals surface area (Å²) in [5.41, 5.74) is 20.9. The maximum atomic E-state index is 16.9. The van der Waals surface area contributed by atoms with E-state index >= 15 is 8.78 Å². The minimum absolute atomic E-state index is 0.00878.